The maximum absolute atomic E-state index is 11.7. The standard InChI is InChI=1S/C11H14N2O2S/c1-16-11(5-6-11)7-12-10(15)8-3-2-4-9(14)13-8/h2-4H,5-7H2,1H3,(H,12,15)(H,13,14). The summed E-state index contributed by atoms with van der Waals surface area (Å²) < 4.78 is 0.241. The van der Waals surface area contributed by atoms with Gasteiger partial charge in [0.05, 0.1) is 0 Å². The van der Waals surface area contributed by atoms with Crippen molar-refractivity contribution in [2.75, 3.05) is 12.8 Å². The molecule has 1 amide bonds. The first kappa shape index (κ1) is 11.3. The third-order valence-corrected chi connectivity index (χ3v) is 4.24. The Hall–Kier alpha value is -1.23. The van der Waals surface area contributed by atoms with Crippen molar-refractivity contribution in [2.45, 2.75) is 17.6 Å². The van der Waals surface area contributed by atoms with Crippen LogP contribution in [0.2, 0.25) is 0 Å². The van der Waals surface area contributed by atoms with Gasteiger partial charge in [0.15, 0.2) is 0 Å². The monoisotopic (exact) mass is 238 g/mol. The Morgan fingerprint density at radius 3 is 2.88 bits per heavy atom. The van der Waals surface area contributed by atoms with Gasteiger partial charge in [-0.3, -0.25) is 9.59 Å². The van der Waals surface area contributed by atoms with Gasteiger partial charge in [0, 0.05) is 17.4 Å². The van der Waals surface area contributed by atoms with E-state index < -0.39 is 0 Å². The molecule has 1 aliphatic carbocycles. The minimum atomic E-state index is -0.251. The topological polar surface area (TPSA) is 62.0 Å². The van der Waals surface area contributed by atoms with Crippen molar-refractivity contribution in [2.24, 2.45) is 0 Å². The first-order valence-corrected chi connectivity index (χ1v) is 6.40. The molecule has 1 aliphatic rings. The zero-order chi connectivity index (χ0) is 11.6. The first-order chi connectivity index (χ1) is 7.65. The number of pyridine rings is 1. The molecule has 16 heavy (non-hydrogen) atoms. The van der Waals surface area contributed by atoms with E-state index in [0.29, 0.717) is 12.2 Å². The van der Waals surface area contributed by atoms with Crippen LogP contribution in [0, 0.1) is 0 Å². The van der Waals surface area contributed by atoms with Crippen LogP contribution >= 0.6 is 11.8 Å². The molecule has 0 bridgehead atoms. The van der Waals surface area contributed by atoms with Crippen molar-refractivity contribution < 1.29 is 4.79 Å². The van der Waals surface area contributed by atoms with Crippen molar-refractivity contribution in [3.8, 4) is 0 Å². The Labute approximate surface area is 97.8 Å². The molecule has 1 aromatic heterocycles. The van der Waals surface area contributed by atoms with Crippen molar-refractivity contribution in [3.05, 3.63) is 34.2 Å². The zero-order valence-electron chi connectivity index (χ0n) is 9.08. The Balaban J connectivity index is 1.96. The number of carbonyl (C=O) groups excluding carboxylic acids is 1. The summed E-state index contributed by atoms with van der Waals surface area (Å²) in [7, 11) is 0. The molecule has 0 aromatic carbocycles. The predicted molar refractivity (Wildman–Crippen MR) is 64.9 cm³/mol. The Kier molecular flexibility index (Phi) is 3.05. The van der Waals surface area contributed by atoms with Crippen LogP contribution < -0.4 is 10.9 Å². The average molecular weight is 238 g/mol. The maximum Gasteiger partial charge on any atom is 0.267 e. The molecule has 1 heterocycles. The van der Waals surface area contributed by atoms with Crippen molar-refractivity contribution in [3.63, 3.8) is 0 Å². The van der Waals surface area contributed by atoms with E-state index >= 15 is 0 Å². The van der Waals surface area contributed by atoms with Gasteiger partial charge in [-0.25, -0.2) is 0 Å². The predicted octanol–water partition coefficient (Wildman–Crippen LogP) is 1.00. The second kappa shape index (κ2) is 4.33. The van der Waals surface area contributed by atoms with Crippen LogP contribution in [-0.2, 0) is 0 Å². The van der Waals surface area contributed by atoms with Crippen molar-refractivity contribution >= 4 is 17.7 Å². The number of hydrogen-bond acceptors (Lipinski definition) is 3. The highest BCUT2D eigenvalue weighted by Gasteiger charge is 2.41. The highest BCUT2D eigenvalue weighted by molar-refractivity contribution is 8.00. The van der Waals surface area contributed by atoms with Crippen LogP contribution in [0.1, 0.15) is 23.3 Å². The SMILES string of the molecule is CSC1(CNC(=O)c2cccc(=O)[nH]2)CC1. The molecule has 0 atom stereocenters. The number of hydrogen-bond donors (Lipinski definition) is 2. The minimum absolute atomic E-state index is 0.210. The number of carbonyl (C=O) groups is 1. The van der Waals surface area contributed by atoms with E-state index in [1.54, 1.807) is 23.9 Å². The van der Waals surface area contributed by atoms with Gasteiger partial charge in [-0.15, -0.1) is 0 Å². The van der Waals surface area contributed by atoms with E-state index in [1.807, 2.05) is 0 Å². The van der Waals surface area contributed by atoms with Crippen LogP contribution in [0.3, 0.4) is 0 Å². The molecule has 1 aromatic rings. The van der Waals surface area contributed by atoms with E-state index in [2.05, 4.69) is 16.6 Å². The molecule has 0 spiro atoms. The summed E-state index contributed by atoms with van der Waals surface area (Å²) in [6.07, 6.45) is 4.36. The van der Waals surface area contributed by atoms with Gasteiger partial charge in [-0.05, 0) is 25.2 Å². The Bertz CT molecular complexity index is 451. The molecule has 5 heteroatoms. The van der Waals surface area contributed by atoms with Gasteiger partial charge in [-0.1, -0.05) is 6.07 Å². The van der Waals surface area contributed by atoms with Gasteiger partial charge in [-0.2, -0.15) is 11.8 Å². The lowest BCUT2D eigenvalue weighted by Gasteiger charge is -2.12. The fourth-order valence-corrected chi connectivity index (χ4v) is 2.24. The van der Waals surface area contributed by atoms with Crippen LogP contribution in [0.4, 0.5) is 0 Å². The van der Waals surface area contributed by atoms with E-state index in [9.17, 15) is 9.59 Å². The van der Waals surface area contributed by atoms with Gasteiger partial charge in [0.1, 0.15) is 5.69 Å². The Morgan fingerprint density at radius 1 is 1.56 bits per heavy atom. The van der Waals surface area contributed by atoms with Gasteiger partial charge < -0.3 is 10.3 Å². The summed E-state index contributed by atoms with van der Waals surface area (Å²) in [5.41, 5.74) is 0.0723. The number of aromatic amines is 1. The number of H-pyrrole nitrogens is 1. The molecule has 1 fully saturated rings. The third-order valence-electron chi connectivity index (χ3n) is 2.82. The zero-order valence-corrected chi connectivity index (χ0v) is 9.89. The minimum Gasteiger partial charge on any atom is -0.349 e. The molecule has 0 radical (unpaired) electrons. The van der Waals surface area contributed by atoms with Crippen LogP contribution in [0.15, 0.2) is 23.0 Å². The summed E-state index contributed by atoms with van der Waals surface area (Å²) >= 11 is 1.79. The maximum atomic E-state index is 11.7. The molecular formula is C11H14N2O2S. The first-order valence-electron chi connectivity index (χ1n) is 5.18. The summed E-state index contributed by atoms with van der Waals surface area (Å²) in [4.78, 5) is 25.2. The number of thioether (sulfide) groups is 1. The highest BCUT2D eigenvalue weighted by Crippen LogP contribution is 2.46. The summed E-state index contributed by atoms with van der Waals surface area (Å²) in [5.74, 6) is -0.210. The van der Waals surface area contributed by atoms with E-state index in [4.69, 9.17) is 0 Å². The molecule has 0 saturated heterocycles. The average Bonchev–Trinajstić information content (AvgIpc) is 3.07. The molecule has 1 saturated carbocycles. The van der Waals surface area contributed by atoms with E-state index in [0.717, 1.165) is 12.8 Å². The second-order valence-electron chi connectivity index (χ2n) is 4.00. The quantitative estimate of drug-likeness (QED) is 0.822. The molecule has 0 unspecified atom stereocenters. The van der Waals surface area contributed by atoms with Gasteiger partial charge in [0.2, 0.25) is 5.56 Å². The molecule has 2 N–H and O–H groups in total. The normalized spacial score (nSPS) is 16.8. The fraction of sp³-hybridized carbons (Fsp3) is 0.455. The fourth-order valence-electron chi connectivity index (χ4n) is 1.51. The van der Waals surface area contributed by atoms with Crippen molar-refractivity contribution in [1.29, 1.82) is 0 Å². The number of amides is 1. The highest BCUT2D eigenvalue weighted by atomic mass is 32.2. The van der Waals surface area contributed by atoms with Crippen LogP contribution in [0.25, 0.3) is 0 Å². The van der Waals surface area contributed by atoms with Crippen LogP contribution in [-0.4, -0.2) is 28.4 Å². The molecule has 2 rings (SSSR count). The largest absolute Gasteiger partial charge is 0.349 e. The number of aromatic nitrogens is 1. The third kappa shape index (κ3) is 2.47. The summed E-state index contributed by atoms with van der Waals surface area (Å²) in [6, 6.07) is 4.58. The molecule has 86 valence electrons. The molecule has 4 nitrogen and oxygen atoms in total. The second-order valence-corrected chi connectivity index (χ2v) is 5.27. The lowest BCUT2D eigenvalue weighted by molar-refractivity contribution is 0.0948. The van der Waals surface area contributed by atoms with Crippen molar-refractivity contribution in [1.82, 2.24) is 10.3 Å². The lowest BCUT2D eigenvalue weighted by Crippen LogP contribution is -2.33. The van der Waals surface area contributed by atoms with E-state index in [-0.39, 0.29) is 16.2 Å². The van der Waals surface area contributed by atoms with Crippen LogP contribution in [0.5, 0.6) is 0 Å². The molecular weight excluding hydrogens is 224 g/mol. The number of rotatable bonds is 4. The Morgan fingerprint density at radius 2 is 2.31 bits per heavy atom. The lowest BCUT2D eigenvalue weighted by atomic mass is 10.3. The van der Waals surface area contributed by atoms with Gasteiger partial charge >= 0.3 is 0 Å². The summed E-state index contributed by atoms with van der Waals surface area (Å²) in [6.45, 7) is 0.671. The van der Waals surface area contributed by atoms with E-state index in [1.165, 1.54) is 6.07 Å². The molecule has 0 aliphatic heterocycles. The number of nitrogens with one attached hydrogen (secondary N) is 2. The van der Waals surface area contributed by atoms with Gasteiger partial charge in [0.25, 0.3) is 5.91 Å². The smallest absolute Gasteiger partial charge is 0.267 e. The summed E-state index contributed by atoms with van der Waals surface area (Å²) in [5, 5.41) is 2.85.